The third-order valence-electron chi connectivity index (χ3n) is 1.84. The molecule has 0 fully saturated rings. The Bertz CT molecular complexity index is 313. The molecule has 0 saturated carbocycles. The predicted octanol–water partition coefficient (Wildman–Crippen LogP) is 2.00. The average Bonchev–Trinajstić information content (AvgIpc) is 2.16. The molecule has 1 rings (SSSR count). The van der Waals surface area contributed by atoms with Crippen molar-refractivity contribution >= 4 is 5.82 Å². The molecule has 0 radical (unpaired) electrons. The Morgan fingerprint density at radius 1 is 1.40 bits per heavy atom. The van der Waals surface area contributed by atoms with Gasteiger partial charge >= 0.3 is 0 Å². The van der Waals surface area contributed by atoms with Crippen molar-refractivity contribution in [1.82, 2.24) is 9.97 Å². The van der Waals surface area contributed by atoms with Crippen LogP contribution in [0.4, 0.5) is 5.82 Å². The first-order valence-corrected chi connectivity index (χ1v) is 5.22. The normalized spacial score (nSPS) is 10.7. The minimum absolute atomic E-state index is 0.481. The lowest BCUT2D eigenvalue weighted by Gasteiger charge is -2.07. The summed E-state index contributed by atoms with van der Waals surface area (Å²) in [5.74, 6) is 2.12. The molecule has 1 N–H and O–H groups in total. The van der Waals surface area contributed by atoms with Gasteiger partial charge in [-0.05, 0) is 12.8 Å². The summed E-state index contributed by atoms with van der Waals surface area (Å²) in [4.78, 5) is 8.60. The summed E-state index contributed by atoms with van der Waals surface area (Å²) in [7, 11) is 1.85. The van der Waals surface area contributed by atoms with Crippen molar-refractivity contribution in [3.05, 3.63) is 17.6 Å². The molecule has 1 aromatic rings. The van der Waals surface area contributed by atoms with Crippen LogP contribution in [-0.2, 0) is 11.3 Å². The van der Waals surface area contributed by atoms with Gasteiger partial charge in [-0.3, -0.25) is 0 Å². The lowest BCUT2D eigenvalue weighted by atomic mass is 10.2. The molecule has 4 heteroatoms. The zero-order chi connectivity index (χ0) is 11.3. The van der Waals surface area contributed by atoms with Crippen LogP contribution in [0, 0.1) is 12.8 Å². The van der Waals surface area contributed by atoms with E-state index in [1.807, 2.05) is 20.0 Å². The van der Waals surface area contributed by atoms with Gasteiger partial charge < -0.3 is 10.1 Å². The van der Waals surface area contributed by atoms with Gasteiger partial charge in [0.2, 0.25) is 0 Å². The van der Waals surface area contributed by atoms with Crippen LogP contribution >= 0.6 is 0 Å². The number of aryl methyl sites for hydroxylation is 1. The summed E-state index contributed by atoms with van der Waals surface area (Å²) >= 11 is 0. The smallest absolute Gasteiger partial charge is 0.156 e. The van der Waals surface area contributed by atoms with Gasteiger partial charge in [-0.15, -0.1) is 0 Å². The summed E-state index contributed by atoms with van der Waals surface area (Å²) < 4.78 is 5.48. The monoisotopic (exact) mass is 209 g/mol. The molecule has 4 nitrogen and oxygen atoms in total. The molecule has 0 aliphatic heterocycles. The van der Waals surface area contributed by atoms with E-state index in [-0.39, 0.29) is 0 Å². The maximum absolute atomic E-state index is 5.48. The van der Waals surface area contributed by atoms with Crippen LogP contribution in [0.1, 0.15) is 25.4 Å². The van der Waals surface area contributed by atoms with E-state index in [1.165, 1.54) is 0 Å². The molecular formula is C11H19N3O. The van der Waals surface area contributed by atoms with Gasteiger partial charge in [-0.25, -0.2) is 9.97 Å². The topological polar surface area (TPSA) is 47.0 Å². The maximum atomic E-state index is 5.48. The highest BCUT2D eigenvalue weighted by atomic mass is 16.5. The molecule has 0 amide bonds. The van der Waals surface area contributed by atoms with E-state index in [2.05, 4.69) is 29.1 Å². The van der Waals surface area contributed by atoms with Crippen molar-refractivity contribution in [2.75, 3.05) is 19.0 Å². The molecule has 0 spiro atoms. The largest absolute Gasteiger partial charge is 0.373 e. The lowest BCUT2D eigenvalue weighted by Crippen LogP contribution is -2.07. The van der Waals surface area contributed by atoms with Crippen molar-refractivity contribution < 1.29 is 4.74 Å². The molecule has 0 saturated heterocycles. The number of ether oxygens (including phenoxy) is 1. The Balaban J connectivity index is 2.56. The van der Waals surface area contributed by atoms with Crippen molar-refractivity contribution in [1.29, 1.82) is 0 Å². The van der Waals surface area contributed by atoms with E-state index >= 15 is 0 Å². The lowest BCUT2D eigenvalue weighted by molar-refractivity contribution is 0.0923. The SMILES string of the molecule is CNc1cc(C)nc(COCC(C)C)n1. The van der Waals surface area contributed by atoms with Gasteiger partial charge in [0, 0.05) is 25.4 Å². The highest BCUT2D eigenvalue weighted by molar-refractivity contribution is 5.34. The Kier molecular flexibility index (Phi) is 4.49. The fraction of sp³-hybridized carbons (Fsp3) is 0.636. The molecule has 15 heavy (non-hydrogen) atoms. The van der Waals surface area contributed by atoms with Crippen LogP contribution in [-0.4, -0.2) is 23.6 Å². The molecule has 0 unspecified atom stereocenters. The van der Waals surface area contributed by atoms with Crippen LogP contribution in [0.5, 0.6) is 0 Å². The maximum Gasteiger partial charge on any atom is 0.156 e. The zero-order valence-electron chi connectivity index (χ0n) is 9.87. The van der Waals surface area contributed by atoms with Crippen molar-refractivity contribution in [3.8, 4) is 0 Å². The molecule has 0 aliphatic rings. The molecule has 0 bridgehead atoms. The Morgan fingerprint density at radius 3 is 2.73 bits per heavy atom. The summed E-state index contributed by atoms with van der Waals surface area (Å²) in [5, 5.41) is 3.00. The number of rotatable bonds is 5. The second-order valence-corrected chi connectivity index (χ2v) is 3.97. The first-order chi connectivity index (χ1) is 7.11. The van der Waals surface area contributed by atoms with Crippen LogP contribution in [0.25, 0.3) is 0 Å². The van der Waals surface area contributed by atoms with E-state index < -0.39 is 0 Å². The minimum Gasteiger partial charge on any atom is -0.373 e. The Morgan fingerprint density at radius 2 is 2.13 bits per heavy atom. The number of aromatic nitrogens is 2. The second-order valence-electron chi connectivity index (χ2n) is 3.97. The number of anilines is 1. The number of hydrogen-bond donors (Lipinski definition) is 1. The molecule has 1 aromatic heterocycles. The van der Waals surface area contributed by atoms with E-state index in [4.69, 9.17) is 4.74 Å². The number of hydrogen-bond acceptors (Lipinski definition) is 4. The first-order valence-electron chi connectivity index (χ1n) is 5.22. The summed E-state index contributed by atoms with van der Waals surface area (Å²) in [6.45, 7) is 7.42. The van der Waals surface area contributed by atoms with Crippen molar-refractivity contribution in [2.24, 2.45) is 5.92 Å². The van der Waals surface area contributed by atoms with Gasteiger partial charge in [0.1, 0.15) is 12.4 Å². The fourth-order valence-electron chi connectivity index (χ4n) is 1.21. The van der Waals surface area contributed by atoms with Crippen molar-refractivity contribution in [3.63, 3.8) is 0 Å². The number of nitrogens with one attached hydrogen (secondary N) is 1. The van der Waals surface area contributed by atoms with Crippen LogP contribution in [0.3, 0.4) is 0 Å². The first kappa shape index (κ1) is 11.9. The highest BCUT2D eigenvalue weighted by Gasteiger charge is 2.02. The molecule has 0 aromatic carbocycles. The van der Waals surface area contributed by atoms with Crippen LogP contribution in [0.2, 0.25) is 0 Å². The van der Waals surface area contributed by atoms with Gasteiger partial charge in [-0.2, -0.15) is 0 Å². The minimum atomic E-state index is 0.481. The average molecular weight is 209 g/mol. The molecule has 1 heterocycles. The van der Waals surface area contributed by atoms with Gasteiger partial charge in [0.05, 0.1) is 0 Å². The number of nitrogens with zero attached hydrogens (tertiary/aromatic N) is 2. The van der Waals surface area contributed by atoms with Crippen LogP contribution in [0.15, 0.2) is 6.07 Å². The third kappa shape index (κ3) is 4.25. The van der Waals surface area contributed by atoms with Gasteiger partial charge in [0.15, 0.2) is 5.82 Å². The van der Waals surface area contributed by atoms with Gasteiger partial charge in [-0.1, -0.05) is 13.8 Å². The summed E-state index contributed by atoms with van der Waals surface area (Å²) in [6.07, 6.45) is 0. The summed E-state index contributed by atoms with van der Waals surface area (Å²) in [5.41, 5.74) is 0.956. The zero-order valence-corrected chi connectivity index (χ0v) is 9.87. The predicted molar refractivity (Wildman–Crippen MR) is 60.8 cm³/mol. The van der Waals surface area contributed by atoms with E-state index in [0.29, 0.717) is 12.5 Å². The Labute approximate surface area is 91.1 Å². The van der Waals surface area contributed by atoms with E-state index in [0.717, 1.165) is 23.9 Å². The second kappa shape index (κ2) is 5.66. The molecular weight excluding hydrogens is 190 g/mol. The van der Waals surface area contributed by atoms with Crippen LogP contribution < -0.4 is 5.32 Å². The van der Waals surface area contributed by atoms with Gasteiger partial charge in [0.25, 0.3) is 0 Å². The standard InChI is InChI=1S/C11H19N3O/c1-8(2)6-15-7-11-13-9(3)5-10(12-4)14-11/h5,8H,6-7H2,1-4H3,(H,12,13,14). The third-order valence-corrected chi connectivity index (χ3v) is 1.84. The molecule has 0 aliphatic carbocycles. The van der Waals surface area contributed by atoms with E-state index in [9.17, 15) is 0 Å². The fourth-order valence-corrected chi connectivity index (χ4v) is 1.21. The highest BCUT2D eigenvalue weighted by Crippen LogP contribution is 2.06. The molecule has 84 valence electrons. The van der Waals surface area contributed by atoms with E-state index in [1.54, 1.807) is 0 Å². The quantitative estimate of drug-likeness (QED) is 0.805. The molecule has 0 atom stereocenters. The Hall–Kier alpha value is -1.16. The summed E-state index contributed by atoms with van der Waals surface area (Å²) in [6, 6.07) is 1.91. The van der Waals surface area contributed by atoms with Crippen molar-refractivity contribution in [2.45, 2.75) is 27.4 Å².